The lowest BCUT2D eigenvalue weighted by Crippen LogP contribution is -2.86. The topological polar surface area (TPSA) is 78.7 Å². The molecule has 0 saturated carbocycles. The van der Waals surface area contributed by atoms with E-state index < -0.39 is 51.6 Å². The number of hydrogen-bond acceptors (Lipinski definition) is 7. The maximum Gasteiger partial charge on any atom is 0.433 e. The summed E-state index contributed by atoms with van der Waals surface area (Å²) in [5.41, 5.74) is -2.78. The molecule has 0 bridgehead atoms. The first-order valence-electron chi connectivity index (χ1n) is 10.9. The molecule has 15 heteroatoms. The number of nitrogens with zero attached hydrogens (tertiary/aromatic N) is 4. The van der Waals surface area contributed by atoms with Crippen LogP contribution >= 0.6 is 0 Å². The number of aromatic nitrogens is 3. The van der Waals surface area contributed by atoms with E-state index in [0.29, 0.717) is 18.4 Å². The molecule has 37 heavy (non-hydrogen) atoms. The molecule has 0 N–H and O–H groups in total. The van der Waals surface area contributed by atoms with E-state index in [9.17, 15) is 26.7 Å². The molecule has 186 valence electrons. The zero-order chi connectivity index (χ0) is 26.3. The number of halogens is 5. The number of morpholine rings is 1. The van der Waals surface area contributed by atoms with Crippen LogP contribution in [0.2, 0.25) is 0 Å². The largest absolute Gasteiger partial charge is 0.473 e. The Morgan fingerprint density at radius 3 is 2.51 bits per heavy atom. The molecule has 2 saturated heterocycles. The Balaban J connectivity index is 1.21. The van der Waals surface area contributed by atoms with Gasteiger partial charge in [0.1, 0.15) is 30.0 Å². The smallest absolute Gasteiger partial charge is 0.433 e. The lowest BCUT2D eigenvalue weighted by Gasteiger charge is -2.67. The number of rotatable bonds is 5. The quantitative estimate of drug-likeness (QED) is 0.382. The van der Waals surface area contributed by atoms with Gasteiger partial charge < -0.3 is 19.1 Å². The first-order valence-corrected chi connectivity index (χ1v) is 10.9. The van der Waals surface area contributed by atoms with Gasteiger partial charge in [0.15, 0.2) is 17.4 Å². The van der Waals surface area contributed by atoms with Crippen LogP contribution in [0.15, 0.2) is 41.3 Å². The van der Waals surface area contributed by atoms with Crippen molar-refractivity contribution in [2.45, 2.75) is 29.8 Å². The molecule has 5 heterocycles. The standard InChI is InChI=1S/C22H13B2F5N4O4/c23-22(24)20-9-36-15(20)7-32(20)17-6-16(31-19(34)33(17)22)35-8-10-3-12(25)18(13(26)4-10)37-11-1-2-30-14(5-11)21(27,28)29/h1-6,15H,7-9H2/t15-,20?/m1/s1. The highest BCUT2D eigenvalue weighted by atomic mass is 19.4. The Bertz CT molecular complexity index is 1480. The number of fused-ring (bicyclic) bond motifs is 2. The Morgan fingerprint density at radius 1 is 1.16 bits per heavy atom. The zero-order valence-corrected chi connectivity index (χ0v) is 18.6. The van der Waals surface area contributed by atoms with Gasteiger partial charge in [-0.2, -0.15) is 18.2 Å². The lowest BCUT2D eigenvalue weighted by molar-refractivity contribution is -0.183. The fourth-order valence-corrected chi connectivity index (χ4v) is 4.88. The van der Waals surface area contributed by atoms with Gasteiger partial charge in [-0.05, 0) is 23.8 Å². The van der Waals surface area contributed by atoms with Gasteiger partial charge in [0.25, 0.3) is 0 Å². The summed E-state index contributed by atoms with van der Waals surface area (Å²) in [6, 6.07) is 4.77. The molecule has 4 radical (unpaired) electrons. The molecule has 1 spiro atoms. The van der Waals surface area contributed by atoms with E-state index in [1.165, 1.54) is 6.07 Å². The summed E-state index contributed by atoms with van der Waals surface area (Å²) < 4.78 is 84.8. The van der Waals surface area contributed by atoms with Gasteiger partial charge in [-0.3, -0.25) is 9.55 Å². The molecule has 3 aromatic rings. The van der Waals surface area contributed by atoms with Crippen molar-refractivity contribution in [2.75, 3.05) is 18.1 Å². The number of alkyl halides is 3. The van der Waals surface area contributed by atoms with Gasteiger partial charge in [-0.1, -0.05) is 0 Å². The summed E-state index contributed by atoms with van der Waals surface area (Å²) in [6.45, 7) is 0.329. The van der Waals surface area contributed by atoms with E-state index in [4.69, 9.17) is 29.9 Å². The Labute approximate surface area is 207 Å². The summed E-state index contributed by atoms with van der Waals surface area (Å²) in [5.74, 6) is -3.45. The molecule has 0 aliphatic carbocycles. The molecule has 1 unspecified atom stereocenters. The molecule has 8 nitrogen and oxygen atoms in total. The average Bonchev–Trinajstić information content (AvgIpc) is 3.00. The first kappa shape index (κ1) is 23.8. The second-order valence-corrected chi connectivity index (χ2v) is 8.88. The number of hydrogen-bond donors (Lipinski definition) is 0. The number of ether oxygens (including phenoxy) is 3. The number of anilines is 1. The van der Waals surface area contributed by atoms with Crippen molar-refractivity contribution in [2.24, 2.45) is 0 Å². The van der Waals surface area contributed by atoms with Crippen LogP contribution in [0.5, 0.6) is 17.4 Å². The van der Waals surface area contributed by atoms with E-state index >= 15 is 0 Å². The van der Waals surface area contributed by atoms with E-state index in [1.54, 1.807) is 0 Å². The second-order valence-electron chi connectivity index (χ2n) is 8.88. The molecule has 3 aliphatic rings. The van der Waals surface area contributed by atoms with Gasteiger partial charge in [-0.25, -0.2) is 13.6 Å². The second kappa shape index (κ2) is 7.70. The molecule has 1 aromatic carbocycles. The van der Waals surface area contributed by atoms with Gasteiger partial charge >= 0.3 is 11.9 Å². The van der Waals surface area contributed by atoms with Gasteiger partial charge in [-0.15, -0.1) is 0 Å². The molecule has 0 amide bonds. The fourth-order valence-electron chi connectivity index (χ4n) is 4.88. The summed E-state index contributed by atoms with van der Waals surface area (Å²) in [7, 11) is 12.6. The number of benzene rings is 1. The zero-order valence-electron chi connectivity index (χ0n) is 18.6. The fraction of sp³-hybridized carbons (Fsp3) is 0.318. The highest BCUT2D eigenvalue weighted by molar-refractivity contribution is 6.40. The molecule has 6 rings (SSSR count). The highest BCUT2D eigenvalue weighted by Gasteiger charge is 2.72. The van der Waals surface area contributed by atoms with E-state index in [0.717, 1.165) is 29.0 Å². The molecule has 3 aliphatic heterocycles. The minimum atomic E-state index is -4.76. The maximum atomic E-state index is 14.6. The predicted octanol–water partition coefficient (Wildman–Crippen LogP) is 2.23. The summed E-state index contributed by atoms with van der Waals surface area (Å²) in [4.78, 5) is 21.5. The number of pyridine rings is 1. The third-order valence-corrected chi connectivity index (χ3v) is 6.77. The minimum absolute atomic E-state index is 0.00957. The van der Waals surface area contributed by atoms with Crippen molar-refractivity contribution in [1.29, 1.82) is 0 Å². The molecular weight excluding hydrogens is 501 g/mol. The van der Waals surface area contributed by atoms with Crippen LogP contribution in [0.4, 0.5) is 27.8 Å². The predicted molar refractivity (Wildman–Crippen MR) is 118 cm³/mol. The summed E-state index contributed by atoms with van der Waals surface area (Å²) >= 11 is 0. The van der Waals surface area contributed by atoms with E-state index in [-0.39, 0.29) is 30.8 Å². The van der Waals surface area contributed by atoms with E-state index in [1.807, 2.05) is 4.90 Å². The Kier molecular flexibility index (Phi) is 4.94. The summed E-state index contributed by atoms with van der Waals surface area (Å²) in [6.07, 6.45) is -4.17. The van der Waals surface area contributed by atoms with Crippen LogP contribution in [0.1, 0.15) is 11.3 Å². The van der Waals surface area contributed by atoms with Crippen LogP contribution in [0, 0.1) is 11.6 Å². The maximum absolute atomic E-state index is 14.6. The molecular formula is C22H13B2F5N4O4. The minimum Gasteiger partial charge on any atom is -0.473 e. The molecule has 2 fully saturated rings. The van der Waals surface area contributed by atoms with Crippen LogP contribution < -0.4 is 20.1 Å². The average molecular weight is 514 g/mol. The van der Waals surface area contributed by atoms with Crippen LogP contribution in [0.25, 0.3) is 0 Å². The van der Waals surface area contributed by atoms with Crippen LogP contribution in [-0.4, -0.2) is 55.0 Å². The highest BCUT2D eigenvalue weighted by Crippen LogP contribution is 2.56. The molecule has 2 aromatic heterocycles. The van der Waals surface area contributed by atoms with E-state index in [2.05, 4.69) is 9.97 Å². The van der Waals surface area contributed by atoms with Gasteiger partial charge in [0.05, 0.1) is 27.8 Å². The third-order valence-electron chi connectivity index (χ3n) is 6.77. The van der Waals surface area contributed by atoms with Crippen molar-refractivity contribution in [3.8, 4) is 17.4 Å². The van der Waals surface area contributed by atoms with Crippen molar-refractivity contribution in [1.82, 2.24) is 14.5 Å². The van der Waals surface area contributed by atoms with Crippen molar-refractivity contribution in [3.63, 3.8) is 0 Å². The van der Waals surface area contributed by atoms with Gasteiger partial charge in [0, 0.05) is 30.2 Å². The van der Waals surface area contributed by atoms with Crippen LogP contribution in [-0.2, 0) is 22.9 Å². The van der Waals surface area contributed by atoms with Crippen molar-refractivity contribution >= 4 is 21.5 Å². The Hall–Kier alpha value is -3.61. The Morgan fingerprint density at radius 2 is 1.89 bits per heavy atom. The van der Waals surface area contributed by atoms with Crippen LogP contribution in [0.3, 0.4) is 0 Å². The van der Waals surface area contributed by atoms with Crippen molar-refractivity contribution in [3.05, 3.63) is 69.9 Å². The van der Waals surface area contributed by atoms with Gasteiger partial charge in [0.2, 0.25) is 5.88 Å². The monoisotopic (exact) mass is 514 g/mol. The normalized spacial score (nSPS) is 22.8. The third kappa shape index (κ3) is 3.36. The molecule has 2 atom stereocenters. The summed E-state index contributed by atoms with van der Waals surface area (Å²) in [5, 5.41) is -1.54. The van der Waals surface area contributed by atoms with Crippen molar-refractivity contribution < 1.29 is 36.2 Å². The first-order chi connectivity index (χ1) is 17.4. The lowest BCUT2D eigenvalue weighted by atomic mass is 9.46. The SMILES string of the molecule is [B]C1([B])n2c(cc(OCc3cc(F)c(Oc4ccnc(C(F)(F)F)c4)c(F)c3)nc2=O)N2C[C@H]3OCC321.